The number of halogens is 4. The molecule has 0 saturated carbocycles. The minimum atomic E-state index is -4.46. The lowest BCUT2D eigenvalue weighted by molar-refractivity contribution is -0.137. The Hall–Kier alpha value is -2.41. The standard InChI is InChI=1S/C18H13BrF3NO2/c1-23-15-7-6-13(19)10-14(17(15)25)16(24)8-5-11-3-2-4-12(9-11)18(20,21)22/h2-10H,1H3,(H,23,25)/b8-5-. The fourth-order valence-corrected chi connectivity index (χ4v) is 2.46. The Morgan fingerprint density at radius 3 is 2.52 bits per heavy atom. The molecule has 0 saturated heterocycles. The summed E-state index contributed by atoms with van der Waals surface area (Å²) in [4.78, 5) is 24.6. The molecule has 0 atom stereocenters. The number of hydrogen-bond donors (Lipinski definition) is 1. The van der Waals surface area contributed by atoms with Crippen molar-refractivity contribution in [3.05, 3.63) is 79.9 Å². The number of alkyl halides is 3. The summed E-state index contributed by atoms with van der Waals surface area (Å²) >= 11 is 3.22. The quantitative estimate of drug-likeness (QED) is 0.582. The van der Waals surface area contributed by atoms with Crippen molar-refractivity contribution in [1.29, 1.82) is 0 Å². The molecule has 2 aromatic rings. The molecular weight excluding hydrogens is 399 g/mol. The van der Waals surface area contributed by atoms with E-state index in [1.54, 1.807) is 13.1 Å². The van der Waals surface area contributed by atoms with E-state index in [0.29, 0.717) is 4.47 Å². The van der Waals surface area contributed by atoms with Crippen LogP contribution in [0.15, 0.2) is 57.8 Å². The van der Waals surface area contributed by atoms with Gasteiger partial charge in [-0.3, -0.25) is 9.59 Å². The maximum atomic E-state index is 12.7. The van der Waals surface area contributed by atoms with E-state index in [9.17, 15) is 22.8 Å². The van der Waals surface area contributed by atoms with Crippen LogP contribution in [0.1, 0.15) is 21.5 Å². The van der Waals surface area contributed by atoms with Crippen molar-refractivity contribution in [2.24, 2.45) is 0 Å². The van der Waals surface area contributed by atoms with Crippen molar-refractivity contribution in [1.82, 2.24) is 0 Å². The Morgan fingerprint density at radius 2 is 1.88 bits per heavy atom. The van der Waals surface area contributed by atoms with Crippen LogP contribution in [-0.2, 0) is 6.18 Å². The lowest BCUT2D eigenvalue weighted by atomic mass is 10.1. The number of allylic oxidation sites excluding steroid dienone is 1. The van der Waals surface area contributed by atoms with Gasteiger partial charge in [0, 0.05) is 11.5 Å². The van der Waals surface area contributed by atoms with Crippen LogP contribution >= 0.6 is 15.9 Å². The van der Waals surface area contributed by atoms with Crippen molar-refractivity contribution in [3.8, 4) is 0 Å². The van der Waals surface area contributed by atoms with E-state index in [1.165, 1.54) is 30.3 Å². The molecule has 0 unspecified atom stereocenters. The van der Waals surface area contributed by atoms with Crippen LogP contribution in [0.3, 0.4) is 0 Å². The van der Waals surface area contributed by atoms with Gasteiger partial charge < -0.3 is 5.32 Å². The molecule has 25 heavy (non-hydrogen) atoms. The zero-order valence-electron chi connectivity index (χ0n) is 13.0. The molecule has 0 aliphatic carbocycles. The zero-order chi connectivity index (χ0) is 18.6. The molecule has 130 valence electrons. The SMILES string of the molecule is CNc1ccc(Br)cc(C(=O)/C=C\c2cccc(C(F)(F)F)c2)c1=O. The van der Waals surface area contributed by atoms with E-state index >= 15 is 0 Å². The summed E-state index contributed by atoms with van der Waals surface area (Å²) in [5, 5.41) is 2.70. The predicted octanol–water partition coefficient (Wildman–Crippen LogP) is 4.77. The van der Waals surface area contributed by atoms with Crippen molar-refractivity contribution in [2.75, 3.05) is 12.4 Å². The summed E-state index contributed by atoms with van der Waals surface area (Å²) in [6.07, 6.45) is -2.13. The average molecular weight is 412 g/mol. The van der Waals surface area contributed by atoms with Gasteiger partial charge in [-0.15, -0.1) is 0 Å². The highest BCUT2D eigenvalue weighted by Gasteiger charge is 2.30. The van der Waals surface area contributed by atoms with Gasteiger partial charge in [0.25, 0.3) is 0 Å². The van der Waals surface area contributed by atoms with Gasteiger partial charge in [-0.05, 0) is 42.0 Å². The summed E-state index contributed by atoms with van der Waals surface area (Å²) in [5.74, 6) is -0.601. The molecule has 0 bridgehead atoms. The smallest absolute Gasteiger partial charge is 0.385 e. The summed E-state index contributed by atoms with van der Waals surface area (Å²) in [5.41, 5.74) is -0.945. The Kier molecular flexibility index (Phi) is 5.79. The lowest BCUT2D eigenvalue weighted by Crippen LogP contribution is -2.14. The first kappa shape index (κ1) is 18.9. The molecule has 2 rings (SSSR count). The predicted molar refractivity (Wildman–Crippen MR) is 94.8 cm³/mol. The molecule has 0 spiro atoms. The van der Waals surface area contributed by atoms with Gasteiger partial charge in [-0.25, -0.2) is 0 Å². The van der Waals surface area contributed by atoms with Crippen LogP contribution in [0.4, 0.5) is 18.9 Å². The number of benzene rings is 1. The summed E-state index contributed by atoms with van der Waals surface area (Å²) in [7, 11) is 1.55. The van der Waals surface area contributed by atoms with E-state index in [0.717, 1.165) is 18.2 Å². The Labute approximate surface area is 150 Å². The summed E-state index contributed by atoms with van der Waals surface area (Å²) < 4.78 is 38.7. The van der Waals surface area contributed by atoms with Gasteiger partial charge >= 0.3 is 6.18 Å². The van der Waals surface area contributed by atoms with E-state index < -0.39 is 23.0 Å². The number of carbonyl (C=O) groups excluding carboxylic acids is 1. The third-order valence-electron chi connectivity index (χ3n) is 3.36. The number of nitrogens with one attached hydrogen (secondary N) is 1. The number of hydrogen-bond acceptors (Lipinski definition) is 3. The Bertz CT molecular complexity index is 892. The number of ketones is 1. The van der Waals surface area contributed by atoms with Gasteiger partial charge in [-0.2, -0.15) is 13.2 Å². The molecule has 0 aliphatic rings. The van der Waals surface area contributed by atoms with Crippen LogP contribution in [0, 0.1) is 0 Å². The first-order chi connectivity index (χ1) is 11.7. The largest absolute Gasteiger partial charge is 0.416 e. The molecule has 0 amide bonds. The van der Waals surface area contributed by atoms with Gasteiger partial charge in [0.05, 0.1) is 16.8 Å². The first-order valence-electron chi connectivity index (χ1n) is 7.13. The molecule has 0 heterocycles. The van der Waals surface area contributed by atoms with Gasteiger partial charge in [-0.1, -0.05) is 34.1 Å². The van der Waals surface area contributed by atoms with E-state index in [4.69, 9.17) is 0 Å². The van der Waals surface area contributed by atoms with Crippen LogP contribution in [0.2, 0.25) is 0 Å². The molecule has 3 nitrogen and oxygen atoms in total. The van der Waals surface area contributed by atoms with E-state index in [2.05, 4.69) is 21.2 Å². The second-order valence-electron chi connectivity index (χ2n) is 5.09. The zero-order valence-corrected chi connectivity index (χ0v) is 14.6. The minimum Gasteiger partial charge on any atom is -0.385 e. The summed E-state index contributed by atoms with van der Waals surface area (Å²) in [6.45, 7) is 0. The van der Waals surface area contributed by atoms with Crippen LogP contribution in [-0.4, -0.2) is 12.8 Å². The molecule has 0 aliphatic heterocycles. The fraction of sp³-hybridized carbons (Fsp3) is 0.111. The highest BCUT2D eigenvalue weighted by Crippen LogP contribution is 2.29. The van der Waals surface area contributed by atoms with E-state index in [1.807, 2.05) is 0 Å². The Morgan fingerprint density at radius 1 is 1.16 bits per heavy atom. The average Bonchev–Trinajstić information content (AvgIpc) is 2.71. The van der Waals surface area contributed by atoms with Crippen LogP contribution in [0.5, 0.6) is 0 Å². The fourth-order valence-electron chi connectivity index (χ4n) is 2.10. The first-order valence-corrected chi connectivity index (χ1v) is 7.93. The van der Waals surface area contributed by atoms with Crippen LogP contribution in [0.25, 0.3) is 6.08 Å². The van der Waals surface area contributed by atoms with Crippen LogP contribution < -0.4 is 10.7 Å². The highest BCUT2D eigenvalue weighted by molar-refractivity contribution is 9.10. The maximum absolute atomic E-state index is 12.7. The molecule has 2 aromatic carbocycles. The topological polar surface area (TPSA) is 46.2 Å². The molecule has 0 fully saturated rings. The van der Waals surface area contributed by atoms with Crippen molar-refractivity contribution in [2.45, 2.75) is 6.18 Å². The monoisotopic (exact) mass is 411 g/mol. The third kappa shape index (κ3) is 4.79. The van der Waals surface area contributed by atoms with Gasteiger partial charge in [0.15, 0.2) is 5.78 Å². The molecule has 0 aromatic heterocycles. The number of carbonyl (C=O) groups is 1. The molecule has 1 N–H and O–H groups in total. The second-order valence-corrected chi connectivity index (χ2v) is 6.01. The van der Waals surface area contributed by atoms with Crippen molar-refractivity contribution in [3.63, 3.8) is 0 Å². The minimum absolute atomic E-state index is 0.0931. The molecule has 7 heteroatoms. The molecular formula is C18H13BrF3NO2. The van der Waals surface area contributed by atoms with Crippen molar-refractivity contribution < 1.29 is 18.0 Å². The molecule has 0 radical (unpaired) electrons. The van der Waals surface area contributed by atoms with Gasteiger partial charge in [0.1, 0.15) is 0 Å². The number of rotatable bonds is 4. The lowest BCUT2D eigenvalue weighted by Gasteiger charge is -2.06. The highest BCUT2D eigenvalue weighted by atomic mass is 79.9. The maximum Gasteiger partial charge on any atom is 0.416 e. The number of anilines is 1. The summed E-state index contributed by atoms with van der Waals surface area (Å²) in [6, 6.07) is 9.09. The van der Waals surface area contributed by atoms with Crippen molar-refractivity contribution >= 4 is 33.5 Å². The van der Waals surface area contributed by atoms with E-state index in [-0.39, 0.29) is 16.8 Å². The van der Waals surface area contributed by atoms with Gasteiger partial charge in [0.2, 0.25) is 5.43 Å². The second kappa shape index (κ2) is 7.65. The Balaban J connectivity index is 2.38. The third-order valence-corrected chi connectivity index (χ3v) is 3.85. The normalized spacial score (nSPS) is 11.6.